The van der Waals surface area contributed by atoms with Crippen molar-refractivity contribution in [3.63, 3.8) is 0 Å². The van der Waals surface area contributed by atoms with E-state index >= 15 is 0 Å². The van der Waals surface area contributed by atoms with Crippen molar-refractivity contribution in [1.29, 1.82) is 0 Å². The Morgan fingerprint density at radius 2 is 2.29 bits per heavy atom. The van der Waals surface area contributed by atoms with Crippen LogP contribution in [0.4, 0.5) is 0 Å². The number of rotatable bonds is 4. The van der Waals surface area contributed by atoms with E-state index in [0.29, 0.717) is 17.7 Å². The van der Waals surface area contributed by atoms with Gasteiger partial charge in [-0.2, -0.15) is 11.8 Å². The summed E-state index contributed by atoms with van der Waals surface area (Å²) in [7, 11) is 0. The van der Waals surface area contributed by atoms with Gasteiger partial charge in [0.2, 0.25) is 5.91 Å². The summed E-state index contributed by atoms with van der Waals surface area (Å²) in [6.07, 6.45) is 2.60. The van der Waals surface area contributed by atoms with Crippen LogP contribution < -0.4 is 10.6 Å². The molecule has 0 aromatic rings. The Hall–Kier alpha value is 0.130. The first-order chi connectivity index (χ1) is 6.61. The van der Waals surface area contributed by atoms with E-state index in [1.54, 1.807) is 11.8 Å². The molecule has 2 atom stereocenters. The molecule has 0 bridgehead atoms. The zero-order chi connectivity index (χ0) is 10.6. The van der Waals surface area contributed by atoms with Crippen LogP contribution in [0.25, 0.3) is 0 Å². The fraction of sp³-hybridized carbons (Fsp3) is 0.889. The molecule has 1 aliphatic rings. The van der Waals surface area contributed by atoms with Crippen LogP contribution in [-0.4, -0.2) is 34.7 Å². The second-order valence-electron chi connectivity index (χ2n) is 3.63. The van der Waals surface area contributed by atoms with Crippen molar-refractivity contribution in [3.8, 4) is 0 Å². The fourth-order valence-corrected chi connectivity index (χ4v) is 2.70. The van der Waals surface area contributed by atoms with Crippen molar-refractivity contribution in [2.75, 3.05) is 12.0 Å². The van der Waals surface area contributed by atoms with Gasteiger partial charge in [-0.25, -0.2) is 0 Å². The maximum atomic E-state index is 11.3. The van der Waals surface area contributed by atoms with Gasteiger partial charge in [0.1, 0.15) is 5.50 Å². The van der Waals surface area contributed by atoms with Crippen molar-refractivity contribution < 1.29 is 4.79 Å². The van der Waals surface area contributed by atoms with Crippen LogP contribution in [0.5, 0.6) is 0 Å². The molecule has 0 spiro atoms. The minimum Gasteiger partial charge on any atom is -0.332 e. The van der Waals surface area contributed by atoms with Crippen molar-refractivity contribution >= 4 is 29.4 Å². The number of thioether (sulfide) groups is 2. The zero-order valence-electron chi connectivity index (χ0n) is 8.87. The maximum Gasteiger partial charge on any atom is 0.223 e. The van der Waals surface area contributed by atoms with E-state index in [0.717, 1.165) is 5.75 Å². The van der Waals surface area contributed by atoms with Gasteiger partial charge in [-0.3, -0.25) is 10.1 Å². The number of hydrogen-bond acceptors (Lipinski definition) is 4. The summed E-state index contributed by atoms with van der Waals surface area (Å²) < 4.78 is 0. The zero-order valence-corrected chi connectivity index (χ0v) is 10.5. The topological polar surface area (TPSA) is 41.1 Å². The second kappa shape index (κ2) is 5.88. The highest BCUT2D eigenvalue weighted by Crippen LogP contribution is 2.16. The molecule has 0 aromatic heterocycles. The van der Waals surface area contributed by atoms with Gasteiger partial charge in [0, 0.05) is 18.2 Å². The Kier molecular flexibility index (Phi) is 5.12. The lowest BCUT2D eigenvalue weighted by atomic mass is 10.2. The SMILES string of the molecule is CSC1NC(=O)CC(CSC(C)C)N1. The summed E-state index contributed by atoms with van der Waals surface area (Å²) >= 11 is 3.54. The standard InChI is InChI=1S/C9H18N2OS2/c1-6(2)14-5-7-4-8(12)11-9(10-7)13-3/h6-7,9-10H,4-5H2,1-3H3,(H,11,12). The molecule has 1 saturated heterocycles. The molecule has 1 amide bonds. The third kappa shape index (κ3) is 4.11. The molecule has 1 aliphatic heterocycles. The average Bonchev–Trinajstić information content (AvgIpc) is 2.14. The van der Waals surface area contributed by atoms with Crippen LogP contribution in [-0.2, 0) is 4.79 Å². The summed E-state index contributed by atoms with van der Waals surface area (Å²) in [6.45, 7) is 4.36. The van der Waals surface area contributed by atoms with E-state index in [4.69, 9.17) is 0 Å². The van der Waals surface area contributed by atoms with Gasteiger partial charge in [-0.1, -0.05) is 13.8 Å². The molecule has 2 N–H and O–H groups in total. The number of nitrogens with one attached hydrogen (secondary N) is 2. The average molecular weight is 234 g/mol. The molecule has 0 aliphatic carbocycles. The van der Waals surface area contributed by atoms with Gasteiger partial charge in [0.05, 0.1) is 0 Å². The lowest BCUT2D eigenvalue weighted by molar-refractivity contribution is -0.123. The second-order valence-corrected chi connectivity index (χ2v) is 6.19. The minimum atomic E-state index is 0.0917. The Morgan fingerprint density at radius 1 is 1.57 bits per heavy atom. The van der Waals surface area contributed by atoms with Gasteiger partial charge in [0.15, 0.2) is 0 Å². The molecule has 0 aromatic carbocycles. The first-order valence-corrected chi connectivity index (χ1v) is 7.15. The van der Waals surface area contributed by atoms with Crippen LogP contribution in [0, 0.1) is 0 Å². The van der Waals surface area contributed by atoms with Crippen LogP contribution in [0.1, 0.15) is 20.3 Å². The number of hydrogen-bond donors (Lipinski definition) is 2. The third-order valence-corrected chi connectivity index (χ3v) is 3.96. The van der Waals surface area contributed by atoms with E-state index in [2.05, 4.69) is 24.5 Å². The highest BCUT2D eigenvalue weighted by Gasteiger charge is 2.24. The monoisotopic (exact) mass is 234 g/mol. The lowest BCUT2D eigenvalue weighted by Gasteiger charge is -2.30. The van der Waals surface area contributed by atoms with Crippen LogP contribution in [0.2, 0.25) is 0 Å². The molecule has 1 rings (SSSR count). The van der Waals surface area contributed by atoms with Gasteiger partial charge < -0.3 is 5.32 Å². The van der Waals surface area contributed by atoms with Gasteiger partial charge in [-0.05, 0) is 11.5 Å². The Balaban J connectivity index is 2.33. The maximum absolute atomic E-state index is 11.3. The Morgan fingerprint density at radius 3 is 2.86 bits per heavy atom. The summed E-state index contributed by atoms with van der Waals surface area (Å²) in [4.78, 5) is 11.3. The predicted octanol–water partition coefficient (Wildman–Crippen LogP) is 1.25. The van der Waals surface area contributed by atoms with E-state index in [9.17, 15) is 4.79 Å². The van der Waals surface area contributed by atoms with Crippen LogP contribution in [0.3, 0.4) is 0 Å². The molecule has 5 heteroatoms. The van der Waals surface area contributed by atoms with E-state index in [-0.39, 0.29) is 11.4 Å². The van der Waals surface area contributed by atoms with Crippen LogP contribution >= 0.6 is 23.5 Å². The first kappa shape index (κ1) is 12.2. The van der Waals surface area contributed by atoms with Gasteiger partial charge in [0.25, 0.3) is 0 Å². The van der Waals surface area contributed by atoms with Crippen molar-refractivity contribution in [1.82, 2.24) is 10.6 Å². The lowest BCUT2D eigenvalue weighted by Crippen LogP contribution is -2.55. The summed E-state index contributed by atoms with van der Waals surface area (Å²) in [5.41, 5.74) is 0.0917. The van der Waals surface area contributed by atoms with Gasteiger partial charge in [-0.15, -0.1) is 11.8 Å². The normalized spacial score (nSPS) is 27.9. The number of carbonyl (C=O) groups excluding carboxylic acids is 1. The third-order valence-electron chi connectivity index (χ3n) is 1.98. The van der Waals surface area contributed by atoms with E-state index < -0.39 is 0 Å². The molecular formula is C9H18N2OS2. The fourth-order valence-electron chi connectivity index (χ4n) is 1.29. The molecule has 1 fully saturated rings. The van der Waals surface area contributed by atoms with Gasteiger partial charge >= 0.3 is 0 Å². The largest absolute Gasteiger partial charge is 0.332 e. The quantitative estimate of drug-likeness (QED) is 0.768. The predicted molar refractivity (Wildman–Crippen MR) is 64.6 cm³/mol. The number of carbonyl (C=O) groups is 1. The summed E-state index contributed by atoms with van der Waals surface area (Å²) in [6, 6.07) is 0.327. The molecule has 1 heterocycles. The van der Waals surface area contributed by atoms with Crippen molar-refractivity contribution in [2.45, 2.75) is 37.1 Å². The Bertz CT molecular complexity index is 199. The highest BCUT2D eigenvalue weighted by molar-refractivity contribution is 8.00. The minimum absolute atomic E-state index is 0.0917. The molecule has 0 saturated carbocycles. The summed E-state index contributed by atoms with van der Waals surface area (Å²) in [5.74, 6) is 1.18. The first-order valence-electron chi connectivity index (χ1n) is 4.81. The number of amides is 1. The van der Waals surface area contributed by atoms with Crippen LogP contribution in [0.15, 0.2) is 0 Å². The molecule has 0 radical (unpaired) electrons. The Labute approximate surface area is 94.2 Å². The van der Waals surface area contributed by atoms with E-state index in [1.807, 2.05) is 18.0 Å². The molecule has 82 valence electrons. The summed E-state index contributed by atoms with van der Waals surface area (Å²) in [5, 5.41) is 6.92. The molecule has 3 nitrogen and oxygen atoms in total. The van der Waals surface area contributed by atoms with Crippen molar-refractivity contribution in [2.24, 2.45) is 0 Å². The molecule has 14 heavy (non-hydrogen) atoms. The highest BCUT2D eigenvalue weighted by atomic mass is 32.2. The smallest absolute Gasteiger partial charge is 0.223 e. The van der Waals surface area contributed by atoms with E-state index in [1.165, 1.54) is 0 Å². The molecular weight excluding hydrogens is 216 g/mol. The van der Waals surface area contributed by atoms with Crippen molar-refractivity contribution in [3.05, 3.63) is 0 Å². The molecule has 2 unspecified atom stereocenters.